The summed E-state index contributed by atoms with van der Waals surface area (Å²) in [5.74, 6) is 0.551. The van der Waals surface area contributed by atoms with Crippen molar-refractivity contribution < 1.29 is 0 Å². The van der Waals surface area contributed by atoms with Gasteiger partial charge in [-0.2, -0.15) is 0 Å². The molecule has 0 bridgehead atoms. The van der Waals surface area contributed by atoms with Crippen molar-refractivity contribution in [3.05, 3.63) is 207 Å². The SMILES string of the molecule is c1ccc(-c2ccc(N(c3ccc4c(c3)c3ccccc3c3c(-c5ccccc5)cc(-c5ccccc5)c(-c5ccccc5)c43)c3ncncn3)cc2)cc1. The fourth-order valence-corrected chi connectivity index (χ4v) is 8.04. The van der Waals surface area contributed by atoms with E-state index in [-0.39, 0.29) is 0 Å². The molecule has 258 valence electrons. The Morgan fingerprint density at radius 2 is 0.818 bits per heavy atom. The molecule has 0 aliphatic rings. The summed E-state index contributed by atoms with van der Waals surface area (Å²) in [6.07, 6.45) is 3.11. The molecule has 0 fully saturated rings. The van der Waals surface area contributed by atoms with E-state index >= 15 is 0 Å². The van der Waals surface area contributed by atoms with Crippen LogP contribution in [-0.4, -0.2) is 15.0 Å². The van der Waals surface area contributed by atoms with Crippen molar-refractivity contribution in [2.45, 2.75) is 0 Å². The summed E-state index contributed by atoms with van der Waals surface area (Å²) in [6, 6.07) is 69.5. The molecule has 0 aliphatic carbocycles. The summed E-state index contributed by atoms with van der Waals surface area (Å²) >= 11 is 0. The maximum Gasteiger partial charge on any atom is 0.237 e. The predicted molar refractivity (Wildman–Crippen MR) is 229 cm³/mol. The van der Waals surface area contributed by atoms with Gasteiger partial charge in [-0.05, 0) is 107 Å². The Balaban J connectivity index is 1.30. The Bertz CT molecular complexity index is 2930. The van der Waals surface area contributed by atoms with Gasteiger partial charge in [0.05, 0.1) is 0 Å². The van der Waals surface area contributed by atoms with Crippen molar-refractivity contribution in [2.75, 3.05) is 4.90 Å². The van der Waals surface area contributed by atoms with Crippen LogP contribution in [0.2, 0.25) is 0 Å². The van der Waals surface area contributed by atoms with Gasteiger partial charge in [0.2, 0.25) is 5.95 Å². The van der Waals surface area contributed by atoms with Crippen molar-refractivity contribution in [1.29, 1.82) is 0 Å². The van der Waals surface area contributed by atoms with Gasteiger partial charge in [-0.3, -0.25) is 4.90 Å². The number of hydrogen-bond donors (Lipinski definition) is 0. The Morgan fingerprint density at radius 1 is 0.327 bits per heavy atom. The van der Waals surface area contributed by atoms with Crippen LogP contribution < -0.4 is 4.90 Å². The minimum Gasteiger partial charge on any atom is -0.279 e. The third-order valence-electron chi connectivity index (χ3n) is 10.5. The summed E-state index contributed by atoms with van der Waals surface area (Å²) in [5, 5.41) is 7.20. The van der Waals surface area contributed by atoms with Gasteiger partial charge in [0.25, 0.3) is 0 Å². The van der Waals surface area contributed by atoms with E-state index in [1.165, 1.54) is 65.9 Å². The van der Waals surface area contributed by atoms with Crippen LogP contribution in [0.3, 0.4) is 0 Å². The zero-order valence-corrected chi connectivity index (χ0v) is 29.9. The largest absolute Gasteiger partial charge is 0.279 e. The fraction of sp³-hybridized carbons (Fsp3) is 0. The van der Waals surface area contributed by atoms with E-state index in [0.29, 0.717) is 5.95 Å². The molecule has 10 aromatic rings. The lowest BCUT2D eigenvalue weighted by molar-refractivity contribution is 1.01. The quantitative estimate of drug-likeness (QED) is 0.155. The van der Waals surface area contributed by atoms with Crippen LogP contribution in [0.1, 0.15) is 0 Å². The second kappa shape index (κ2) is 13.8. The van der Waals surface area contributed by atoms with Crippen molar-refractivity contribution in [2.24, 2.45) is 0 Å². The minimum atomic E-state index is 0.551. The normalized spacial score (nSPS) is 11.3. The van der Waals surface area contributed by atoms with Crippen LogP contribution in [0.15, 0.2) is 207 Å². The van der Waals surface area contributed by atoms with E-state index in [1.54, 1.807) is 12.7 Å². The molecule has 4 heteroatoms. The summed E-state index contributed by atoms with van der Waals surface area (Å²) in [5.41, 5.74) is 11.4. The maximum atomic E-state index is 4.65. The number of benzene rings is 9. The molecule has 0 unspecified atom stereocenters. The van der Waals surface area contributed by atoms with Crippen LogP contribution in [0.5, 0.6) is 0 Å². The van der Waals surface area contributed by atoms with Crippen LogP contribution in [-0.2, 0) is 0 Å². The first kappa shape index (κ1) is 32.2. The molecule has 0 spiro atoms. The zero-order valence-electron chi connectivity index (χ0n) is 29.9. The number of hydrogen-bond acceptors (Lipinski definition) is 4. The van der Waals surface area contributed by atoms with Crippen LogP contribution in [0.25, 0.3) is 76.8 Å². The highest BCUT2D eigenvalue weighted by Gasteiger charge is 2.23. The molecule has 0 radical (unpaired) electrons. The van der Waals surface area contributed by atoms with Gasteiger partial charge >= 0.3 is 0 Å². The van der Waals surface area contributed by atoms with Gasteiger partial charge in [-0.25, -0.2) is 15.0 Å². The second-order valence-electron chi connectivity index (χ2n) is 13.7. The zero-order chi connectivity index (χ0) is 36.6. The van der Waals surface area contributed by atoms with Crippen molar-refractivity contribution >= 4 is 49.6 Å². The molecular weight excluding hydrogens is 669 g/mol. The molecule has 10 rings (SSSR count). The Hall–Kier alpha value is -7.43. The minimum absolute atomic E-state index is 0.551. The third-order valence-corrected chi connectivity index (χ3v) is 10.5. The van der Waals surface area contributed by atoms with Crippen LogP contribution in [0.4, 0.5) is 17.3 Å². The first-order valence-corrected chi connectivity index (χ1v) is 18.5. The van der Waals surface area contributed by atoms with Gasteiger partial charge in [0, 0.05) is 11.4 Å². The molecule has 1 aromatic heterocycles. The van der Waals surface area contributed by atoms with Gasteiger partial charge in [-0.1, -0.05) is 164 Å². The molecule has 55 heavy (non-hydrogen) atoms. The Kier molecular flexibility index (Phi) is 8.12. The van der Waals surface area contributed by atoms with E-state index in [9.17, 15) is 0 Å². The fourth-order valence-electron chi connectivity index (χ4n) is 8.04. The topological polar surface area (TPSA) is 41.9 Å². The standard InChI is InChI=1S/C51H34N4/c1-5-15-35(16-6-1)36-25-27-40(28-26-36)55(51-53-33-52-34-54-51)41-29-30-44-47(31-41)42-23-13-14-24-43(42)49-46(38-19-9-3-10-20-38)32-45(37-17-7-2-8-18-37)48(50(44)49)39-21-11-4-12-22-39/h1-34H. The summed E-state index contributed by atoms with van der Waals surface area (Å²) in [7, 11) is 0. The number of nitrogens with zero attached hydrogens (tertiary/aromatic N) is 4. The molecule has 0 saturated carbocycles. The van der Waals surface area contributed by atoms with Gasteiger partial charge in [0.1, 0.15) is 12.7 Å². The molecular formula is C51H34N4. The molecule has 0 N–H and O–H groups in total. The molecule has 9 aromatic carbocycles. The number of rotatable bonds is 7. The highest BCUT2D eigenvalue weighted by atomic mass is 15.3. The highest BCUT2D eigenvalue weighted by molar-refractivity contribution is 6.33. The summed E-state index contributed by atoms with van der Waals surface area (Å²) in [4.78, 5) is 15.6. The smallest absolute Gasteiger partial charge is 0.237 e. The van der Waals surface area contributed by atoms with E-state index in [4.69, 9.17) is 0 Å². The highest BCUT2D eigenvalue weighted by Crippen LogP contribution is 2.50. The monoisotopic (exact) mass is 702 g/mol. The van der Waals surface area contributed by atoms with Gasteiger partial charge in [0.15, 0.2) is 0 Å². The van der Waals surface area contributed by atoms with E-state index in [2.05, 4.69) is 208 Å². The van der Waals surface area contributed by atoms with Crippen LogP contribution in [0, 0.1) is 0 Å². The first-order valence-electron chi connectivity index (χ1n) is 18.5. The summed E-state index contributed by atoms with van der Waals surface area (Å²) < 4.78 is 0. The van der Waals surface area contributed by atoms with E-state index in [1.807, 2.05) is 6.07 Å². The average Bonchev–Trinajstić information content (AvgIpc) is 3.28. The molecule has 4 nitrogen and oxygen atoms in total. The lowest BCUT2D eigenvalue weighted by Gasteiger charge is -2.25. The third kappa shape index (κ3) is 5.77. The number of anilines is 3. The first-order chi connectivity index (χ1) is 27.3. The van der Waals surface area contributed by atoms with Crippen LogP contribution >= 0.6 is 0 Å². The van der Waals surface area contributed by atoms with Gasteiger partial charge in [-0.15, -0.1) is 0 Å². The van der Waals surface area contributed by atoms with Crippen molar-refractivity contribution in [3.8, 4) is 44.5 Å². The molecule has 0 aliphatic heterocycles. The second-order valence-corrected chi connectivity index (χ2v) is 13.7. The Labute approximate surface area is 319 Å². The summed E-state index contributed by atoms with van der Waals surface area (Å²) in [6.45, 7) is 0. The van der Waals surface area contributed by atoms with E-state index < -0.39 is 0 Å². The number of fused-ring (bicyclic) bond motifs is 6. The lowest BCUT2D eigenvalue weighted by atomic mass is 9.81. The van der Waals surface area contributed by atoms with Crippen molar-refractivity contribution in [3.63, 3.8) is 0 Å². The number of aromatic nitrogens is 3. The van der Waals surface area contributed by atoms with Crippen molar-refractivity contribution in [1.82, 2.24) is 15.0 Å². The maximum absolute atomic E-state index is 4.65. The average molecular weight is 703 g/mol. The molecule has 0 atom stereocenters. The molecule has 0 saturated heterocycles. The Morgan fingerprint density at radius 3 is 1.45 bits per heavy atom. The molecule has 0 amide bonds. The van der Waals surface area contributed by atoms with E-state index in [0.717, 1.165) is 22.3 Å². The lowest BCUT2D eigenvalue weighted by Crippen LogP contribution is -2.13. The molecule has 1 heterocycles. The van der Waals surface area contributed by atoms with Gasteiger partial charge < -0.3 is 0 Å². The predicted octanol–water partition coefficient (Wildman–Crippen LogP) is 13.5.